The number of benzene rings is 1. The lowest BCUT2D eigenvalue weighted by Crippen LogP contribution is -2.44. The van der Waals surface area contributed by atoms with E-state index in [0.717, 1.165) is 83.0 Å². The Labute approximate surface area is 182 Å². The van der Waals surface area contributed by atoms with Gasteiger partial charge in [0.1, 0.15) is 5.75 Å². The molecule has 1 aromatic rings. The zero-order valence-corrected chi connectivity index (χ0v) is 19.0. The van der Waals surface area contributed by atoms with Gasteiger partial charge >= 0.3 is 0 Å². The zero-order chi connectivity index (χ0) is 21.2. The van der Waals surface area contributed by atoms with Gasteiger partial charge in [0.15, 0.2) is 0 Å². The van der Waals surface area contributed by atoms with Crippen LogP contribution in [0.3, 0.4) is 0 Å². The highest BCUT2D eigenvalue weighted by Crippen LogP contribution is 2.17. The fourth-order valence-corrected chi connectivity index (χ4v) is 4.22. The fraction of sp³-hybridized carbons (Fsp3) is 0.708. The zero-order valence-electron chi connectivity index (χ0n) is 19.0. The maximum atomic E-state index is 12.3. The van der Waals surface area contributed by atoms with Crippen molar-refractivity contribution in [1.29, 1.82) is 0 Å². The Morgan fingerprint density at radius 1 is 0.800 bits per heavy atom. The summed E-state index contributed by atoms with van der Waals surface area (Å²) in [5, 5.41) is 0. The summed E-state index contributed by atoms with van der Waals surface area (Å²) >= 11 is 0. The molecule has 1 aromatic carbocycles. The van der Waals surface area contributed by atoms with Crippen molar-refractivity contribution in [3.8, 4) is 5.75 Å². The van der Waals surface area contributed by atoms with Gasteiger partial charge in [0.25, 0.3) is 5.91 Å². The molecule has 0 bridgehead atoms. The molecule has 1 amide bonds. The molecule has 0 aromatic heterocycles. The van der Waals surface area contributed by atoms with Crippen molar-refractivity contribution in [2.45, 2.75) is 32.1 Å². The second kappa shape index (κ2) is 12.3. The number of carbonyl (C=O) groups excluding carboxylic acids is 1. The van der Waals surface area contributed by atoms with Crippen LogP contribution in [0.15, 0.2) is 24.3 Å². The highest BCUT2D eigenvalue weighted by atomic mass is 16.5. The molecule has 6 heteroatoms. The first-order valence-electron chi connectivity index (χ1n) is 11.7. The van der Waals surface area contributed by atoms with Crippen LogP contribution in [-0.2, 0) is 0 Å². The molecule has 0 radical (unpaired) electrons. The SMILES string of the molecule is CN1CCCC1.CN1CCN(CCCOc2ccc(C(=O)N3CCCC3)cc2)CC1. The molecule has 0 aliphatic carbocycles. The molecule has 3 saturated heterocycles. The molecule has 3 aliphatic rings. The predicted molar refractivity (Wildman–Crippen MR) is 122 cm³/mol. The van der Waals surface area contributed by atoms with Gasteiger partial charge in [0, 0.05) is 51.4 Å². The lowest BCUT2D eigenvalue weighted by Gasteiger charge is -2.32. The number of ether oxygens (including phenoxy) is 1. The third-order valence-corrected chi connectivity index (χ3v) is 6.31. The Hall–Kier alpha value is -1.63. The van der Waals surface area contributed by atoms with Gasteiger partial charge in [0.2, 0.25) is 0 Å². The van der Waals surface area contributed by atoms with Crippen LogP contribution in [0.4, 0.5) is 0 Å². The summed E-state index contributed by atoms with van der Waals surface area (Å²) in [6, 6.07) is 7.60. The average Bonchev–Trinajstić information content (AvgIpc) is 3.47. The van der Waals surface area contributed by atoms with E-state index in [9.17, 15) is 4.79 Å². The van der Waals surface area contributed by atoms with Crippen LogP contribution >= 0.6 is 0 Å². The number of hydrogen-bond donors (Lipinski definition) is 0. The standard InChI is InChI=1S/C19H29N3O2.C5H11N/c1-20-12-14-21(15-13-20)9-4-16-24-18-7-5-17(6-8-18)19(23)22-10-2-3-11-22;1-6-4-2-3-5-6/h5-8H,2-4,9-16H2,1H3;2-5H2,1H3. The van der Waals surface area contributed by atoms with Gasteiger partial charge in [0.05, 0.1) is 6.61 Å². The van der Waals surface area contributed by atoms with E-state index in [2.05, 4.69) is 28.8 Å². The molecular formula is C24H40N4O2. The van der Waals surface area contributed by atoms with E-state index in [0.29, 0.717) is 0 Å². The molecular weight excluding hydrogens is 376 g/mol. The van der Waals surface area contributed by atoms with E-state index in [1.807, 2.05) is 29.2 Å². The van der Waals surface area contributed by atoms with E-state index in [4.69, 9.17) is 4.74 Å². The predicted octanol–water partition coefficient (Wildman–Crippen LogP) is 2.65. The summed E-state index contributed by atoms with van der Waals surface area (Å²) in [5.74, 6) is 1.00. The lowest BCUT2D eigenvalue weighted by atomic mass is 10.2. The largest absolute Gasteiger partial charge is 0.494 e. The van der Waals surface area contributed by atoms with Crippen LogP contribution in [0.25, 0.3) is 0 Å². The van der Waals surface area contributed by atoms with Gasteiger partial charge in [-0.3, -0.25) is 4.79 Å². The van der Waals surface area contributed by atoms with Crippen molar-refractivity contribution in [3.63, 3.8) is 0 Å². The number of rotatable bonds is 6. The highest BCUT2D eigenvalue weighted by Gasteiger charge is 2.19. The third-order valence-electron chi connectivity index (χ3n) is 6.31. The summed E-state index contributed by atoms with van der Waals surface area (Å²) in [6.45, 7) is 10.9. The number of likely N-dealkylation sites (tertiary alicyclic amines) is 2. The molecule has 6 nitrogen and oxygen atoms in total. The Kier molecular flexibility index (Phi) is 9.43. The van der Waals surface area contributed by atoms with Gasteiger partial charge in [-0.15, -0.1) is 0 Å². The number of hydrogen-bond acceptors (Lipinski definition) is 5. The minimum absolute atomic E-state index is 0.147. The number of amides is 1. The van der Waals surface area contributed by atoms with Gasteiger partial charge in [-0.05, 0) is 83.6 Å². The van der Waals surface area contributed by atoms with Crippen LogP contribution < -0.4 is 4.74 Å². The molecule has 0 N–H and O–H groups in total. The molecule has 30 heavy (non-hydrogen) atoms. The summed E-state index contributed by atoms with van der Waals surface area (Å²) in [6.07, 6.45) is 6.12. The third kappa shape index (κ3) is 7.56. The van der Waals surface area contributed by atoms with Crippen molar-refractivity contribution in [1.82, 2.24) is 19.6 Å². The van der Waals surface area contributed by atoms with Crippen molar-refractivity contribution < 1.29 is 9.53 Å². The maximum Gasteiger partial charge on any atom is 0.253 e. The van der Waals surface area contributed by atoms with Gasteiger partial charge in [-0.2, -0.15) is 0 Å². The van der Waals surface area contributed by atoms with E-state index in [-0.39, 0.29) is 5.91 Å². The number of likely N-dealkylation sites (N-methyl/N-ethyl adjacent to an activating group) is 1. The quantitative estimate of drug-likeness (QED) is 0.667. The van der Waals surface area contributed by atoms with Crippen LogP contribution in [-0.4, -0.2) is 105 Å². The molecule has 4 rings (SSSR count). The molecule has 3 fully saturated rings. The van der Waals surface area contributed by atoms with Crippen molar-refractivity contribution in [2.24, 2.45) is 0 Å². The Balaban J connectivity index is 0.000000367. The Morgan fingerprint density at radius 3 is 1.93 bits per heavy atom. The second-order valence-corrected chi connectivity index (χ2v) is 8.88. The van der Waals surface area contributed by atoms with Gasteiger partial charge in [-0.1, -0.05) is 0 Å². The van der Waals surface area contributed by atoms with E-state index in [1.54, 1.807) is 0 Å². The highest BCUT2D eigenvalue weighted by molar-refractivity contribution is 5.94. The second-order valence-electron chi connectivity index (χ2n) is 8.88. The van der Waals surface area contributed by atoms with E-state index < -0.39 is 0 Å². The summed E-state index contributed by atoms with van der Waals surface area (Å²) in [7, 11) is 4.35. The first kappa shape index (κ1) is 23.0. The number of nitrogens with zero attached hydrogens (tertiary/aromatic N) is 4. The van der Waals surface area contributed by atoms with E-state index >= 15 is 0 Å². The Bertz CT molecular complexity index is 617. The van der Waals surface area contributed by atoms with Crippen molar-refractivity contribution in [2.75, 3.05) is 79.6 Å². The van der Waals surface area contributed by atoms with Crippen molar-refractivity contribution in [3.05, 3.63) is 29.8 Å². The smallest absolute Gasteiger partial charge is 0.253 e. The molecule has 3 heterocycles. The van der Waals surface area contributed by atoms with Crippen LogP contribution in [0, 0.1) is 0 Å². The lowest BCUT2D eigenvalue weighted by molar-refractivity contribution is 0.0793. The topological polar surface area (TPSA) is 39.3 Å². The van der Waals surface area contributed by atoms with Gasteiger partial charge < -0.3 is 24.3 Å². The van der Waals surface area contributed by atoms with Crippen LogP contribution in [0.5, 0.6) is 5.75 Å². The minimum Gasteiger partial charge on any atom is -0.494 e. The molecule has 0 atom stereocenters. The summed E-state index contributed by atoms with van der Waals surface area (Å²) < 4.78 is 5.82. The molecule has 168 valence electrons. The minimum atomic E-state index is 0.147. The first-order chi connectivity index (χ1) is 14.6. The van der Waals surface area contributed by atoms with Crippen LogP contribution in [0.2, 0.25) is 0 Å². The number of piperazine rings is 1. The van der Waals surface area contributed by atoms with Gasteiger partial charge in [-0.25, -0.2) is 0 Å². The Morgan fingerprint density at radius 2 is 1.37 bits per heavy atom. The first-order valence-corrected chi connectivity index (χ1v) is 11.7. The molecule has 0 saturated carbocycles. The number of carbonyl (C=O) groups is 1. The summed E-state index contributed by atoms with van der Waals surface area (Å²) in [4.78, 5) is 21.5. The summed E-state index contributed by atoms with van der Waals surface area (Å²) in [5.41, 5.74) is 0.765. The van der Waals surface area contributed by atoms with Crippen molar-refractivity contribution >= 4 is 5.91 Å². The molecule has 3 aliphatic heterocycles. The molecule has 0 spiro atoms. The van der Waals surface area contributed by atoms with Crippen LogP contribution in [0.1, 0.15) is 42.5 Å². The maximum absolute atomic E-state index is 12.3. The normalized spacial score (nSPS) is 20.8. The fourth-order valence-electron chi connectivity index (χ4n) is 4.22. The monoisotopic (exact) mass is 416 g/mol. The average molecular weight is 417 g/mol. The van der Waals surface area contributed by atoms with E-state index in [1.165, 1.54) is 25.9 Å². The molecule has 0 unspecified atom stereocenters.